The van der Waals surface area contributed by atoms with Crippen molar-refractivity contribution >= 4 is 39.2 Å². The van der Waals surface area contributed by atoms with E-state index in [0.717, 1.165) is 11.1 Å². The average molecular weight is 485 g/mol. The van der Waals surface area contributed by atoms with Crippen LogP contribution in [0.4, 0.5) is 0 Å². The Kier molecular flexibility index (Phi) is 7.33. The molecule has 31 heavy (non-hydrogen) atoms. The molecular weight excluding hydrogens is 459 g/mol. The molecule has 2 atom stereocenters. The van der Waals surface area contributed by atoms with Gasteiger partial charge in [-0.25, -0.2) is 8.42 Å². The summed E-state index contributed by atoms with van der Waals surface area (Å²) in [7, 11) is -3.77. The van der Waals surface area contributed by atoms with Gasteiger partial charge in [0.15, 0.2) is 0 Å². The Morgan fingerprint density at radius 1 is 1.03 bits per heavy atom. The summed E-state index contributed by atoms with van der Waals surface area (Å²) in [5, 5.41) is 10.1. The van der Waals surface area contributed by atoms with Gasteiger partial charge in [-0.1, -0.05) is 35.3 Å². The third-order valence-electron chi connectivity index (χ3n) is 5.35. The van der Waals surface area contributed by atoms with Crippen molar-refractivity contribution in [3.05, 3.63) is 63.1 Å². The summed E-state index contributed by atoms with van der Waals surface area (Å²) in [5.74, 6) is -0.994. The Labute approximate surface area is 193 Å². The number of hydrogen-bond acceptors (Lipinski definition) is 4. The fourth-order valence-corrected chi connectivity index (χ4v) is 6.57. The van der Waals surface area contributed by atoms with Gasteiger partial charge in [-0.3, -0.25) is 9.69 Å². The number of aliphatic carboxylic acids is 1. The zero-order valence-corrected chi connectivity index (χ0v) is 20.0. The van der Waals surface area contributed by atoms with Crippen molar-refractivity contribution in [1.82, 2.24) is 9.21 Å². The first kappa shape index (κ1) is 24.0. The number of benzene rings is 2. The summed E-state index contributed by atoms with van der Waals surface area (Å²) in [5.41, 5.74) is 2.21. The Hall–Kier alpha value is -1.64. The lowest BCUT2D eigenvalue weighted by Gasteiger charge is -2.43. The van der Waals surface area contributed by atoms with Crippen LogP contribution in [0.1, 0.15) is 30.5 Å². The minimum absolute atomic E-state index is 0.139. The van der Waals surface area contributed by atoms with Gasteiger partial charge in [0.05, 0.1) is 21.4 Å². The molecule has 0 unspecified atom stereocenters. The lowest BCUT2D eigenvalue weighted by molar-refractivity contribution is -0.136. The fourth-order valence-electron chi connectivity index (χ4n) is 4.29. The molecule has 0 radical (unpaired) electrons. The quantitative estimate of drug-likeness (QED) is 0.663. The highest BCUT2D eigenvalue weighted by Gasteiger charge is 2.38. The van der Waals surface area contributed by atoms with Gasteiger partial charge in [-0.15, -0.1) is 0 Å². The van der Waals surface area contributed by atoms with Crippen molar-refractivity contribution in [2.45, 2.75) is 50.7 Å². The molecule has 1 saturated heterocycles. The highest BCUT2D eigenvalue weighted by molar-refractivity contribution is 7.89. The first-order valence-electron chi connectivity index (χ1n) is 9.99. The monoisotopic (exact) mass is 484 g/mol. The minimum atomic E-state index is -3.77. The van der Waals surface area contributed by atoms with Crippen LogP contribution < -0.4 is 0 Å². The molecule has 1 fully saturated rings. The van der Waals surface area contributed by atoms with Crippen LogP contribution in [-0.2, 0) is 27.8 Å². The third kappa shape index (κ3) is 5.59. The molecule has 1 heterocycles. The molecule has 1 N–H and O–H groups in total. The number of rotatable bonds is 6. The summed E-state index contributed by atoms with van der Waals surface area (Å²) >= 11 is 12.1. The Bertz CT molecular complexity index is 1080. The van der Waals surface area contributed by atoms with Gasteiger partial charge in [-0.2, -0.15) is 4.31 Å². The van der Waals surface area contributed by atoms with Crippen molar-refractivity contribution in [3.63, 3.8) is 0 Å². The predicted molar refractivity (Wildman–Crippen MR) is 122 cm³/mol. The Morgan fingerprint density at radius 2 is 1.68 bits per heavy atom. The van der Waals surface area contributed by atoms with Gasteiger partial charge in [0.1, 0.15) is 0 Å². The van der Waals surface area contributed by atoms with Gasteiger partial charge in [0.2, 0.25) is 10.0 Å². The molecule has 2 aromatic carbocycles. The molecule has 1 aliphatic rings. The van der Waals surface area contributed by atoms with Crippen molar-refractivity contribution in [2.24, 2.45) is 0 Å². The van der Waals surface area contributed by atoms with Gasteiger partial charge in [0, 0.05) is 31.7 Å². The molecule has 168 valence electrons. The van der Waals surface area contributed by atoms with Gasteiger partial charge in [0.25, 0.3) is 0 Å². The van der Waals surface area contributed by atoms with Crippen molar-refractivity contribution in [3.8, 4) is 0 Å². The zero-order valence-electron chi connectivity index (χ0n) is 17.7. The van der Waals surface area contributed by atoms with E-state index in [2.05, 4.69) is 4.90 Å². The van der Waals surface area contributed by atoms with Crippen LogP contribution >= 0.6 is 23.2 Å². The van der Waals surface area contributed by atoms with E-state index in [4.69, 9.17) is 28.3 Å². The molecule has 2 aromatic rings. The van der Waals surface area contributed by atoms with E-state index in [9.17, 15) is 13.2 Å². The molecule has 9 heteroatoms. The standard InChI is InChI=1S/C22H26Cl2N2O4S/c1-14-6-18(10-22(27)28)8-19(7-14)31(29,30)26-15(2)11-25(12-16(26)3)13-17-4-5-20(23)21(24)9-17/h4-9,15-16H,10-13H2,1-3H3,(H,27,28)/t15-,16+. The predicted octanol–water partition coefficient (Wildman–Crippen LogP) is 4.21. The zero-order chi connectivity index (χ0) is 22.9. The van der Waals surface area contributed by atoms with Gasteiger partial charge >= 0.3 is 5.97 Å². The lowest BCUT2D eigenvalue weighted by atomic mass is 10.1. The first-order chi connectivity index (χ1) is 14.5. The Balaban J connectivity index is 1.81. The summed E-state index contributed by atoms with van der Waals surface area (Å²) in [6.45, 7) is 7.33. The number of carboxylic acid groups (broad SMARTS) is 1. The van der Waals surface area contributed by atoms with Crippen LogP contribution in [0.25, 0.3) is 0 Å². The molecule has 0 aliphatic carbocycles. The first-order valence-corrected chi connectivity index (χ1v) is 12.2. The highest BCUT2D eigenvalue weighted by Crippen LogP contribution is 2.29. The van der Waals surface area contributed by atoms with E-state index in [1.54, 1.807) is 25.1 Å². The molecule has 3 rings (SSSR count). The van der Waals surface area contributed by atoms with Crippen molar-refractivity contribution in [2.75, 3.05) is 13.1 Å². The van der Waals surface area contributed by atoms with Crippen LogP contribution in [0.15, 0.2) is 41.3 Å². The van der Waals surface area contributed by atoms with Crippen LogP contribution in [0.2, 0.25) is 10.0 Å². The normalized spacial score (nSPS) is 20.7. The van der Waals surface area contributed by atoms with Gasteiger partial charge < -0.3 is 5.11 Å². The van der Waals surface area contributed by atoms with E-state index in [1.165, 1.54) is 10.4 Å². The number of halogens is 2. The molecule has 6 nitrogen and oxygen atoms in total. The van der Waals surface area contributed by atoms with Crippen LogP contribution in [0.5, 0.6) is 0 Å². The van der Waals surface area contributed by atoms with Gasteiger partial charge in [-0.05, 0) is 61.7 Å². The van der Waals surface area contributed by atoms with E-state index >= 15 is 0 Å². The number of sulfonamides is 1. The van der Waals surface area contributed by atoms with E-state index < -0.39 is 16.0 Å². The van der Waals surface area contributed by atoms with Crippen LogP contribution in [0.3, 0.4) is 0 Å². The maximum atomic E-state index is 13.5. The van der Waals surface area contributed by atoms with Crippen molar-refractivity contribution in [1.29, 1.82) is 0 Å². The second kappa shape index (κ2) is 9.46. The summed E-state index contributed by atoms with van der Waals surface area (Å²) in [6, 6.07) is 9.79. The number of piperazine rings is 1. The van der Waals surface area contributed by atoms with Crippen molar-refractivity contribution < 1.29 is 18.3 Å². The third-order valence-corrected chi connectivity index (χ3v) is 8.19. The van der Waals surface area contributed by atoms with Crippen LogP contribution in [0, 0.1) is 6.92 Å². The summed E-state index contributed by atoms with van der Waals surface area (Å²) in [4.78, 5) is 13.4. The fraction of sp³-hybridized carbons (Fsp3) is 0.409. The molecular formula is C22H26Cl2N2O4S. The number of aryl methyl sites for hydroxylation is 1. The van der Waals surface area contributed by atoms with E-state index in [0.29, 0.717) is 35.2 Å². The number of nitrogens with zero attached hydrogens (tertiary/aromatic N) is 2. The lowest BCUT2D eigenvalue weighted by Crippen LogP contribution is -2.58. The maximum absolute atomic E-state index is 13.5. The van der Waals surface area contributed by atoms with E-state index in [1.807, 2.05) is 26.0 Å². The molecule has 0 aromatic heterocycles. The minimum Gasteiger partial charge on any atom is -0.481 e. The largest absolute Gasteiger partial charge is 0.481 e. The highest BCUT2D eigenvalue weighted by atomic mass is 35.5. The topological polar surface area (TPSA) is 77.9 Å². The summed E-state index contributed by atoms with van der Waals surface area (Å²) in [6.07, 6.45) is -0.216. The second-order valence-electron chi connectivity index (χ2n) is 8.20. The van der Waals surface area contributed by atoms with E-state index in [-0.39, 0.29) is 23.4 Å². The SMILES string of the molecule is Cc1cc(CC(=O)O)cc(S(=O)(=O)N2[C@H](C)CN(Cc3ccc(Cl)c(Cl)c3)C[C@@H]2C)c1. The van der Waals surface area contributed by atoms with Crippen LogP contribution in [-0.4, -0.2) is 53.9 Å². The molecule has 0 saturated carbocycles. The smallest absolute Gasteiger partial charge is 0.307 e. The second-order valence-corrected chi connectivity index (χ2v) is 10.9. The summed E-state index contributed by atoms with van der Waals surface area (Å²) < 4.78 is 28.5. The molecule has 1 aliphatic heterocycles. The molecule has 0 spiro atoms. The Morgan fingerprint density at radius 3 is 2.26 bits per heavy atom. The number of carbonyl (C=O) groups is 1. The molecule has 0 amide bonds. The maximum Gasteiger partial charge on any atom is 0.307 e. The number of hydrogen-bond donors (Lipinski definition) is 1. The number of carboxylic acids is 1. The molecule has 0 bridgehead atoms. The average Bonchev–Trinajstić information content (AvgIpc) is 2.63.